The largest absolute Gasteiger partial charge is 0.343 e. The van der Waals surface area contributed by atoms with Crippen LogP contribution < -0.4 is 0 Å². The van der Waals surface area contributed by atoms with Crippen molar-refractivity contribution in [2.45, 2.75) is 51.1 Å². The summed E-state index contributed by atoms with van der Waals surface area (Å²) in [5.74, 6) is -0.0190. The van der Waals surface area contributed by atoms with Gasteiger partial charge in [0, 0.05) is 38.2 Å². The number of piperidine rings is 1. The summed E-state index contributed by atoms with van der Waals surface area (Å²) in [5.41, 5.74) is 3.25. The fourth-order valence-corrected chi connectivity index (χ4v) is 4.65. The molecule has 4 rings (SSSR count). The van der Waals surface area contributed by atoms with Gasteiger partial charge in [0.05, 0.1) is 11.7 Å². The molecule has 1 aromatic carbocycles. The lowest BCUT2D eigenvalue weighted by Gasteiger charge is -2.39. The van der Waals surface area contributed by atoms with Crippen LogP contribution in [0.3, 0.4) is 0 Å². The van der Waals surface area contributed by atoms with Crippen LogP contribution in [0.4, 0.5) is 4.39 Å². The minimum absolute atomic E-state index is 0.187. The lowest BCUT2D eigenvalue weighted by atomic mass is 10.0. The molecule has 1 atom stereocenters. The van der Waals surface area contributed by atoms with Crippen LogP contribution >= 0.6 is 0 Å². The van der Waals surface area contributed by atoms with Crippen LogP contribution in [-0.2, 0) is 11.2 Å². The minimum Gasteiger partial charge on any atom is -0.343 e. The lowest BCUT2D eigenvalue weighted by Crippen LogP contribution is -2.46. The molecular weight excluding hydrogens is 353 g/mol. The number of benzene rings is 1. The zero-order valence-electron chi connectivity index (χ0n) is 16.5. The van der Waals surface area contributed by atoms with Crippen LogP contribution in [0.2, 0.25) is 0 Å². The van der Waals surface area contributed by atoms with Crippen molar-refractivity contribution in [3.63, 3.8) is 0 Å². The summed E-state index contributed by atoms with van der Waals surface area (Å²) < 4.78 is 13.1. The zero-order chi connectivity index (χ0) is 19.5. The Morgan fingerprint density at radius 2 is 1.82 bits per heavy atom. The van der Waals surface area contributed by atoms with Crippen LogP contribution in [0.25, 0.3) is 0 Å². The summed E-state index contributed by atoms with van der Waals surface area (Å²) in [6, 6.07) is 13.8. The van der Waals surface area contributed by atoms with E-state index in [0.29, 0.717) is 12.1 Å². The Hall–Kier alpha value is -2.27. The predicted molar refractivity (Wildman–Crippen MR) is 107 cm³/mol. The van der Waals surface area contributed by atoms with Gasteiger partial charge in [-0.05, 0) is 62.1 Å². The third-order valence-corrected chi connectivity index (χ3v) is 6.14. The molecule has 2 aliphatic rings. The number of carbonyl (C=O) groups excluding carboxylic acids is 1. The number of amides is 1. The molecule has 5 heteroatoms. The van der Waals surface area contributed by atoms with Gasteiger partial charge in [0.1, 0.15) is 5.82 Å². The number of aromatic nitrogens is 1. The fraction of sp³-hybridized carbons (Fsp3) is 0.478. The third kappa shape index (κ3) is 4.25. The molecule has 2 fully saturated rings. The normalized spacial score (nSPS) is 21.2. The minimum atomic E-state index is -0.206. The summed E-state index contributed by atoms with van der Waals surface area (Å²) >= 11 is 0. The van der Waals surface area contributed by atoms with E-state index in [1.54, 1.807) is 6.92 Å². The molecule has 28 heavy (non-hydrogen) atoms. The molecule has 0 spiro atoms. The summed E-state index contributed by atoms with van der Waals surface area (Å²) in [6.45, 7) is 4.50. The molecule has 148 valence electrons. The van der Waals surface area contributed by atoms with Crippen LogP contribution in [0, 0.1) is 5.82 Å². The monoisotopic (exact) mass is 381 g/mol. The van der Waals surface area contributed by atoms with Gasteiger partial charge in [0.25, 0.3) is 0 Å². The summed E-state index contributed by atoms with van der Waals surface area (Å²) in [7, 11) is 0. The molecule has 4 nitrogen and oxygen atoms in total. The first-order valence-electron chi connectivity index (χ1n) is 10.3. The van der Waals surface area contributed by atoms with E-state index in [0.717, 1.165) is 62.3 Å². The standard InChI is InChI=1S/C23H28FN3O/c1-17(28)26-14-11-21(12-15-26)27-13-3-6-23(27)22-5-2-4-20(25-22)16-18-7-9-19(24)10-8-18/h2,4-5,7-10,21,23H,3,6,11-16H2,1H3. The van der Waals surface area contributed by atoms with Crippen molar-refractivity contribution < 1.29 is 9.18 Å². The van der Waals surface area contributed by atoms with Crippen LogP contribution in [0.5, 0.6) is 0 Å². The summed E-state index contributed by atoms with van der Waals surface area (Å²) in [5, 5.41) is 0. The zero-order valence-corrected chi connectivity index (χ0v) is 16.5. The van der Waals surface area contributed by atoms with E-state index in [-0.39, 0.29) is 11.7 Å². The van der Waals surface area contributed by atoms with Crippen LogP contribution in [0.1, 0.15) is 55.6 Å². The first kappa shape index (κ1) is 19.1. The van der Waals surface area contributed by atoms with Gasteiger partial charge >= 0.3 is 0 Å². The van der Waals surface area contributed by atoms with Crippen molar-refractivity contribution >= 4 is 5.91 Å². The Labute approximate surface area is 166 Å². The third-order valence-electron chi connectivity index (χ3n) is 6.14. The SMILES string of the molecule is CC(=O)N1CCC(N2CCCC2c2cccc(Cc3ccc(F)cc3)n2)CC1. The van der Waals surface area contributed by atoms with Gasteiger partial charge in [0.2, 0.25) is 5.91 Å². The highest BCUT2D eigenvalue weighted by Crippen LogP contribution is 2.35. The number of pyridine rings is 1. The number of likely N-dealkylation sites (tertiary alicyclic amines) is 2. The lowest BCUT2D eigenvalue weighted by molar-refractivity contribution is -0.130. The fourth-order valence-electron chi connectivity index (χ4n) is 4.65. The Bertz CT molecular complexity index is 815. The molecule has 3 heterocycles. The number of nitrogens with zero attached hydrogens (tertiary/aromatic N) is 3. The van der Waals surface area contributed by atoms with Crippen molar-refractivity contribution in [3.05, 3.63) is 65.2 Å². The number of carbonyl (C=O) groups is 1. The van der Waals surface area contributed by atoms with Crippen LogP contribution in [0.15, 0.2) is 42.5 Å². The summed E-state index contributed by atoms with van der Waals surface area (Å²) in [6.07, 6.45) is 5.15. The maximum Gasteiger partial charge on any atom is 0.219 e. The smallest absolute Gasteiger partial charge is 0.219 e. The van der Waals surface area contributed by atoms with Gasteiger partial charge in [0.15, 0.2) is 0 Å². The molecule has 2 saturated heterocycles. The molecule has 0 aliphatic carbocycles. The molecule has 1 unspecified atom stereocenters. The number of rotatable bonds is 4. The van der Waals surface area contributed by atoms with E-state index in [9.17, 15) is 9.18 Å². The topological polar surface area (TPSA) is 36.4 Å². The maximum absolute atomic E-state index is 13.1. The van der Waals surface area contributed by atoms with Crippen molar-refractivity contribution in [2.24, 2.45) is 0 Å². The molecule has 0 radical (unpaired) electrons. The van der Waals surface area contributed by atoms with E-state index < -0.39 is 0 Å². The van der Waals surface area contributed by atoms with Crippen molar-refractivity contribution in [3.8, 4) is 0 Å². The maximum atomic E-state index is 13.1. The Kier molecular flexibility index (Phi) is 5.72. The molecule has 0 bridgehead atoms. The van der Waals surface area contributed by atoms with E-state index in [1.807, 2.05) is 17.0 Å². The molecule has 1 amide bonds. The van der Waals surface area contributed by atoms with E-state index in [4.69, 9.17) is 4.98 Å². The van der Waals surface area contributed by atoms with Gasteiger partial charge in [-0.1, -0.05) is 18.2 Å². The first-order chi connectivity index (χ1) is 13.6. The van der Waals surface area contributed by atoms with Gasteiger partial charge in [-0.15, -0.1) is 0 Å². The highest BCUT2D eigenvalue weighted by molar-refractivity contribution is 5.73. The second kappa shape index (κ2) is 8.39. The number of halogens is 1. The highest BCUT2D eigenvalue weighted by atomic mass is 19.1. The molecule has 2 aliphatic heterocycles. The number of hydrogen-bond acceptors (Lipinski definition) is 3. The van der Waals surface area contributed by atoms with E-state index in [2.05, 4.69) is 23.1 Å². The Balaban J connectivity index is 1.45. The van der Waals surface area contributed by atoms with Crippen molar-refractivity contribution in [1.29, 1.82) is 0 Å². The first-order valence-corrected chi connectivity index (χ1v) is 10.3. The van der Waals surface area contributed by atoms with Crippen LogP contribution in [-0.4, -0.2) is 46.4 Å². The van der Waals surface area contributed by atoms with Gasteiger partial charge in [-0.2, -0.15) is 0 Å². The van der Waals surface area contributed by atoms with Gasteiger partial charge < -0.3 is 4.90 Å². The van der Waals surface area contributed by atoms with Gasteiger partial charge in [-0.25, -0.2) is 4.39 Å². The van der Waals surface area contributed by atoms with Crippen molar-refractivity contribution in [2.75, 3.05) is 19.6 Å². The quantitative estimate of drug-likeness (QED) is 0.804. The molecule has 1 aromatic heterocycles. The number of hydrogen-bond donors (Lipinski definition) is 0. The molecule has 0 saturated carbocycles. The van der Waals surface area contributed by atoms with Crippen molar-refractivity contribution in [1.82, 2.24) is 14.8 Å². The second-order valence-electron chi connectivity index (χ2n) is 7.99. The highest BCUT2D eigenvalue weighted by Gasteiger charge is 2.34. The molecule has 0 N–H and O–H groups in total. The predicted octanol–water partition coefficient (Wildman–Crippen LogP) is 3.96. The molecule has 2 aromatic rings. The average Bonchev–Trinajstić information content (AvgIpc) is 3.20. The van der Waals surface area contributed by atoms with E-state index >= 15 is 0 Å². The Morgan fingerprint density at radius 3 is 2.54 bits per heavy atom. The second-order valence-corrected chi connectivity index (χ2v) is 7.99. The average molecular weight is 381 g/mol. The summed E-state index contributed by atoms with van der Waals surface area (Å²) in [4.78, 5) is 21.1. The Morgan fingerprint density at radius 1 is 1.07 bits per heavy atom. The van der Waals surface area contributed by atoms with Gasteiger partial charge in [-0.3, -0.25) is 14.7 Å². The molecular formula is C23H28FN3O. The van der Waals surface area contributed by atoms with E-state index in [1.165, 1.54) is 18.6 Å².